The Morgan fingerprint density at radius 2 is 0.745 bits per heavy atom. The largest absolute Gasteiger partial charge is 0.268 e. The highest BCUT2D eigenvalue weighted by molar-refractivity contribution is 14.1. The summed E-state index contributed by atoms with van der Waals surface area (Å²) in [6.45, 7) is 7.66. The maximum Gasteiger partial charge on any atom is 0.266 e. The molecule has 0 N–H and O–H groups in total. The lowest BCUT2D eigenvalue weighted by Crippen LogP contribution is -2.41. The molecule has 0 fully saturated rings. The number of hydrogen-bond acceptors (Lipinski definition) is 4. The number of benzene rings is 7. The van der Waals surface area contributed by atoms with Crippen LogP contribution in [-0.4, -0.2) is 23.6 Å². The topological polar surface area (TPSA) is 74.8 Å². The Morgan fingerprint density at radius 1 is 0.426 bits per heavy atom. The van der Waals surface area contributed by atoms with Gasteiger partial charge in [-0.2, -0.15) is 0 Å². The van der Waals surface area contributed by atoms with E-state index in [2.05, 4.69) is 22.6 Å². The molecule has 0 spiro atoms. The van der Waals surface area contributed by atoms with Crippen LogP contribution in [0.1, 0.15) is 63.7 Å². The monoisotopic (exact) mass is 724 g/mol. The second kappa shape index (κ2) is 9.45. The third-order valence-corrected chi connectivity index (χ3v) is 10.6. The normalized spacial score (nSPS) is 14.6. The quantitative estimate of drug-likeness (QED) is 0.0772. The molecular formula is C40H25IN2O4. The Balaban J connectivity index is 1.31. The minimum absolute atomic E-state index is 0.350. The zero-order valence-corrected chi connectivity index (χ0v) is 28.1. The van der Waals surface area contributed by atoms with E-state index in [0.29, 0.717) is 44.4 Å². The molecule has 0 aliphatic carbocycles. The zero-order chi connectivity index (χ0) is 32.6. The van der Waals surface area contributed by atoms with Crippen molar-refractivity contribution in [3.05, 3.63) is 127 Å². The summed E-state index contributed by atoms with van der Waals surface area (Å²) in [5.41, 5.74) is 6.55. The van der Waals surface area contributed by atoms with E-state index in [1.807, 2.05) is 94.4 Å². The van der Waals surface area contributed by atoms with E-state index in [4.69, 9.17) is 0 Å². The Bertz CT molecular complexity index is 2510. The number of halogens is 1. The van der Waals surface area contributed by atoms with Crippen molar-refractivity contribution in [3.63, 3.8) is 0 Å². The van der Waals surface area contributed by atoms with Crippen LogP contribution in [0.3, 0.4) is 0 Å². The van der Waals surface area contributed by atoms with Crippen molar-refractivity contribution in [2.24, 2.45) is 0 Å². The zero-order valence-electron chi connectivity index (χ0n) is 25.9. The van der Waals surface area contributed by atoms with Crippen molar-refractivity contribution < 1.29 is 19.2 Å². The van der Waals surface area contributed by atoms with Gasteiger partial charge in [-0.15, -0.1) is 0 Å². The van der Waals surface area contributed by atoms with Crippen LogP contribution in [0.5, 0.6) is 0 Å². The molecule has 47 heavy (non-hydrogen) atoms. The van der Waals surface area contributed by atoms with Crippen molar-refractivity contribution in [3.8, 4) is 0 Å². The number of carbonyl (C=O) groups excluding carboxylic acids is 4. The number of nitrogens with zero attached hydrogens (tertiary/aromatic N) is 2. The SMILES string of the molecule is Cc1cccc(C)c1N1C(=O)c2ccc3c4ccc5c6c(ccc(c7ccc(c2c37)C1=O)c64)C(=O)N(c1c(C)cc(I)cc1C)C5=O. The molecule has 9 rings (SSSR count). The third-order valence-electron chi connectivity index (χ3n) is 9.98. The Labute approximate surface area is 283 Å². The second-order valence-electron chi connectivity index (χ2n) is 12.7. The summed E-state index contributed by atoms with van der Waals surface area (Å²) >= 11 is 2.24. The van der Waals surface area contributed by atoms with Gasteiger partial charge in [-0.3, -0.25) is 19.2 Å². The van der Waals surface area contributed by atoms with Gasteiger partial charge in [0, 0.05) is 36.6 Å². The maximum atomic E-state index is 14.2. The van der Waals surface area contributed by atoms with E-state index in [1.165, 1.54) is 9.80 Å². The summed E-state index contributed by atoms with van der Waals surface area (Å²) in [6, 6.07) is 24.7. The van der Waals surface area contributed by atoms with Crippen LogP contribution in [-0.2, 0) is 0 Å². The lowest BCUT2D eigenvalue weighted by molar-refractivity contribution is 0.0877. The molecule has 2 aliphatic heterocycles. The Morgan fingerprint density at radius 3 is 1.09 bits per heavy atom. The van der Waals surface area contributed by atoms with Crippen LogP contribution in [0.2, 0.25) is 0 Å². The van der Waals surface area contributed by atoms with Gasteiger partial charge in [0.05, 0.1) is 11.4 Å². The van der Waals surface area contributed by atoms with Crippen LogP contribution >= 0.6 is 22.6 Å². The number of anilines is 2. The minimum atomic E-state index is -0.350. The summed E-state index contributed by atoms with van der Waals surface area (Å²) in [6.07, 6.45) is 0. The van der Waals surface area contributed by atoms with E-state index >= 15 is 0 Å². The fourth-order valence-corrected chi connectivity index (χ4v) is 9.02. The van der Waals surface area contributed by atoms with Gasteiger partial charge in [0.1, 0.15) is 0 Å². The van der Waals surface area contributed by atoms with Crippen molar-refractivity contribution in [2.45, 2.75) is 27.7 Å². The smallest absolute Gasteiger partial charge is 0.266 e. The highest BCUT2D eigenvalue weighted by atomic mass is 127. The maximum absolute atomic E-state index is 14.2. The summed E-state index contributed by atoms with van der Waals surface area (Å²) in [5.74, 6) is -1.40. The molecule has 7 heteroatoms. The van der Waals surface area contributed by atoms with Gasteiger partial charge in [0.15, 0.2) is 0 Å². The first kappa shape index (κ1) is 28.1. The van der Waals surface area contributed by atoms with Gasteiger partial charge >= 0.3 is 0 Å². The van der Waals surface area contributed by atoms with Gasteiger partial charge in [-0.25, -0.2) is 9.80 Å². The second-order valence-corrected chi connectivity index (χ2v) is 13.9. The number of fused-ring (bicyclic) bond motifs is 2. The van der Waals surface area contributed by atoms with Crippen molar-refractivity contribution >= 4 is 101 Å². The van der Waals surface area contributed by atoms with Crippen LogP contribution in [0.25, 0.3) is 43.1 Å². The molecule has 7 aromatic rings. The lowest BCUT2D eigenvalue weighted by atomic mass is 9.82. The van der Waals surface area contributed by atoms with Gasteiger partial charge in [-0.05, 0) is 141 Å². The first-order valence-corrected chi connectivity index (χ1v) is 16.5. The summed E-state index contributed by atoms with van der Waals surface area (Å²) in [4.78, 5) is 59.3. The van der Waals surface area contributed by atoms with Crippen molar-refractivity contribution in [1.82, 2.24) is 0 Å². The summed E-state index contributed by atoms with van der Waals surface area (Å²) in [7, 11) is 0. The Hall–Kier alpha value is -5.15. The molecule has 0 saturated carbocycles. The predicted molar refractivity (Wildman–Crippen MR) is 194 cm³/mol. The average molecular weight is 725 g/mol. The number of amides is 4. The van der Waals surface area contributed by atoms with E-state index in [0.717, 1.165) is 58.1 Å². The van der Waals surface area contributed by atoms with E-state index in [9.17, 15) is 19.2 Å². The molecule has 0 unspecified atom stereocenters. The van der Waals surface area contributed by atoms with Crippen LogP contribution < -0.4 is 9.80 Å². The number of aryl methyl sites for hydroxylation is 4. The van der Waals surface area contributed by atoms with Gasteiger partial charge in [0.2, 0.25) is 0 Å². The fourth-order valence-electron chi connectivity index (χ4n) is 8.09. The molecule has 2 heterocycles. The Kier molecular flexibility index (Phi) is 5.65. The molecule has 2 aliphatic rings. The van der Waals surface area contributed by atoms with Crippen LogP contribution in [0, 0.1) is 31.3 Å². The van der Waals surface area contributed by atoms with E-state index < -0.39 is 0 Å². The first-order chi connectivity index (χ1) is 22.6. The van der Waals surface area contributed by atoms with Gasteiger partial charge in [-0.1, -0.05) is 42.5 Å². The van der Waals surface area contributed by atoms with E-state index in [1.54, 1.807) is 12.1 Å². The number of imide groups is 2. The molecule has 7 aromatic carbocycles. The van der Waals surface area contributed by atoms with Crippen LogP contribution in [0.15, 0.2) is 78.9 Å². The van der Waals surface area contributed by atoms with E-state index in [-0.39, 0.29) is 23.6 Å². The number of hydrogen-bond donors (Lipinski definition) is 0. The molecule has 0 aromatic heterocycles. The standard InChI is InChI=1S/C40H25IN2O4/c1-18-6-5-7-19(2)35(18)42-37(44)27-12-8-23-25-10-14-29-34-30(40(47)43(39(29)46)36-20(3)16-22(41)17-21(36)4)15-11-26(32(25)34)24-9-13-28(38(42)45)33(27)31(23)24/h5-17H,1-4H3. The number of carbonyl (C=O) groups is 4. The molecule has 0 radical (unpaired) electrons. The minimum Gasteiger partial charge on any atom is -0.268 e. The highest BCUT2D eigenvalue weighted by Crippen LogP contribution is 2.47. The van der Waals surface area contributed by atoms with Crippen molar-refractivity contribution in [1.29, 1.82) is 0 Å². The van der Waals surface area contributed by atoms with Gasteiger partial charge < -0.3 is 0 Å². The molecule has 6 nitrogen and oxygen atoms in total. The third kappa shape index (κ3) is 3.49. The number of para-hydroxylation sites is 1. The summed E-state index contributed by atoms with van der Waals surface area (Å²) in [5, 5.41) is 6.40. The predicted octanol–water partition coefficient (Wildman–Crippen LogP) is 9.18. The van der Waals surface area contributed by atoms with Gasteiger partial charge in [0.25, 0.3) is 23.6 Å². The molecule has 4 amide bonds. The van der Waals surface area contributed by atoms with Crippen molar-refractivity contribution in [2.75, 3.05) is 9.80 Å². The average Bonchev–Trinajstić information content (AvgIpc) is 3.04. The molecule has 226 valence electrons. The lowest BCUT2D eigenvalue weighted by Gasteiger charge is -2.31. The molecule has 0 atom stereocenters. The number of rotatable bonds is 2. The molecular weight excluding hydrogens is 699 g/mol. The summed E-state index contributed by atoms with van der Waals surface area (Å²) < 4.78 is 1.04. The molecule has 0 bridgehead atoms. The van der Waals surface area contributed by atoms with Crippen LogP contribution in [0.4, 0.5) is 11.4 Å². The first-order valence-electron chi connectivity index (χ1n) is 15.4. The highest BCUT2D eigenvalue weighted by Gasteiger charge is 2.39. The molecule has 0 saturated heterocycles. The fraction of sp³-hybridized carbons (Fsp3) is 0.100.